The Hall–Kier alpha value is -1.25. The van der Waals surface area contributed by atoms with E-state index < -0.39 is 0 Å². The Morgan fingerprint density at radius 1 is 1.10 bits per heavy atom. The van der Waals surface area contributed by atoms with Gasteiger partial charge in [0.15, 0.2) is 0 Å². The van der Waals surface area contributed by atoms with Crippen molar-refractivity contribution in [1.82, 2.24) is 15.1 Å². The Morgan fingerprint density at radius 3 is 2.67 bits per heavy atom. The number of pyridine rings is 1. The number of anilines is 1. The van der Waals surface area contributed by atoms with Crippen molar-refractivity contribution in [2.45, 2.75) is 0 Å². The van der Waals surface area contributed by atoms with Gasteiger partial charge in [-0.25, -0.2) is 0 Å². The van der Waals surface area contributed by atoms with Crippen LogP contribution in [0.5, 0.6) is 0 Å². The standard InChI is InChI=1S/C13H7Br3N4O/c14-6-4-7(10(17)9(16)5-6)13-19-12(20-21-13)11-8(15)2-1-3-18-11/h1-5H,17H2. The van der Waals surface area contributed by atoms with Gasteiger partial charge in [0.1, 0.15) is 5.69 Å². The number of hydrogen-bond donors (Lipinski definition) is 1. The van der Waals surface area contributed by atoms with E-state index >= 15 is 0 Å². The Labute approximate surface area is 145 Å². The van der Waals surface area contributed by atoms with Crippen LogP contribution in [0, 0.1) is 0 Å². The van der Waals surface area contributed by atoms with Crippen LogP contribution in [-0.2, 0) is 0 Å². The maximum Gasteiger partial charge on any atom is 0.260 e. The number of benzene rings is 1. The number of halogens is 3. The summed E-state index contributed by atoms with van der Waals surface area (Å²) in [5.41, 5.74) is 7.84. The largest absolute Gasteiger partial charge is 0.397 e. The number of nitrogens with zero attached hydrogens (tertiary/aromatic N) is 3. The highest BCUT2D eigenvalue weighted by atomic mass is 79.9. The molecule has 0 aliphatic rings. The molecule has 2 N–H and O–H groups in total. The van der Waals surface area contributed by atoms with Gasteiger partial charge >= 0.3 is 0 Å². The Morgan fingerprint density at radius 2 is 1.90 bits per heavy atom. The zero-order valence-corrected chi connectivity index (χ0v) is 15.1. The van der Waals surface area contributed by atoms with Crippen molar-refractivity contribution in [2.24, 2.45) is 0 Å². The second-order valence-corrected chi connectivity index (χ2v) is 6.73. The predicted octanol–water partition coefficient (Wildman–Crippen LogP) is 4.67. The van der Waals surface area contributed by atoms with E-state index in [1.54, 1.807) is 6.20 Å². The lowest BCUT2D eigenvalue weighted by molar-refractivity contribution is 0.432. The summed E-state index contributed by atoms with van der Waals surface area (Å²) in [5.74, 6) is 0.732. The first-order chi connectivity index (χ1) is 10.1. The van der Waals surface area contributed by atoms with Crippen molar-refractivity contribution in [1.29, 1.82) is 0 Å². The van der Waals surface area contributed by atoms with Crippen LogP contribution in [0.1, 0.15) is 0 Å². The van der Waals surface area contributed by atoms with E-state index in [2.05, 4.69) is 62.9 Å². The van der Waals surface area contributed by atoms with Crippen LogP contribution >= 0.6 is 47.8 Å². The lowest BCUT2D eigenvalue weighted by Crippen LogP contribution is -1.92. The Balaban J connectivity index is 2.09. The summed E-state index contributed by atoms with van der Waals surface area (Å²) < 4.78 is 7.71. The number of aromatic nitrogens is 3. The molecule has 0 spiro atoms. The van der Waals surface area contributed by atoms with E-state index in [1.807, 2.05) is 24.3 Å². The molecule has 3 rings (SSSR count). The fourth-order valence-electron chi connectivity index (χ4n) is 1.74. The third-order valence-corrected chi connectivity index (χ3v) is 4.47. The third-order valence-electron chi connectivity index (χ3n) is 2.72. The third kappa shape index (κ3) is 2.88. The maximum absolute atomic E-state index is 6.04. The van der Waals surface area contributed by atoms with Gasteiger partial charge in [-0.3, -0.25) is 4.98 Å². The van der Waals surface area contributed by atoms with Crippen LogP contribution in [0.15, 0.2) is 48.4 Å². The minimum absolute atomic E-state index is 0.335. The Kier molecular flexibility index (Phi) is 4.10. The second kappa shape index (κ2) is 5.86. The van der Waals surface area contributed by atoms with E-state index in [0.29, 0.717) is 28.7 Å². The molecular formula is C13H7Br3N4O. The highest BCUT2D eigenvalue weighted by Gasteiger charge is 2.17. The quantitative estimate of drug-likeness (QED) is 0.546. The summed E-state index contributed by atoms with van der Waals surface area (Å²) in [4.78, 5) is 8.59. The molecule has 0 saturated carbocycles. The topological polar surface area (TPSA) is 77.8 Å². The molecule has 0 bridgehead atoms. The predicted molar refractivity (Wildman–Crippen MR) is 90.5 cm³/mol. The first-order valence-corrected chi connectivity index (χ1v) is 8.13. The molecule has 2 heterocycles. The van der Waals surface area contributed by atoms with Gasteiger partial charge in [0.2, 0.25) is 5.82 Å². The number of nitrogens with two attached hydrogens (primary N) is 1. The number of hydrogen-bond acceptors (Lipinski definition) is 5. The van der Waals surface area contributed by atoms with E-state index in [1.165, 1.54) is 0 Å². The van der Waals surface area contributed by atoms with Gasteiger partial charge in [0.05, 0.1) is 11.3 Å². The van der Waals surface area contributed by atoms with E-state index in [0.717, 1.165) is 13.4 Å². The van der Waals surface area contributed by atoms with Gasteiger partial charge in [0.25, 0.3) is 5.89 Å². The van der Waals surface area contributed by atoms with Crippen LogP contribution < -0.4 is 5.73 Å². The number of rotatable bonds is 2. The molecule has 0 unspecified atom stereocenters. The Bertz CT molecular complexity index is 819. The van der Waals surface area contributed by atoms with Crippen molar-refractivity contribution >= 4 is 53.5 Å². The van der Waals surface area contributed by atoms with Crippen molar-refractivity contribution in [2.75, 3.05) is 5.73 Å². The second-order valence-electron chi connectivity index (χ2n) is 4.11. The lowest BCUT2D eigenvalue weighted by atomic mass is 10.2. The van der Waals surface area contributed by atoms with Gasteiger partial charge in [-0.1, -0.05) is 21.1 Å². The monoisotopic (exact) mass is 472 g/mol. The molecular weight excluding hydrogens is 468 g/mol. The van der Waals surface area contributed by atoms with Gasteiger partial charge in [-0.2, -0.15) is 4.98 Å². The molecule has 0 fully saturated rings. The minimum atomic E-state index is 0.335. The average Bonchev–Trinajstić information content (AvgIpc) is 2.92. The molecule has 1 aromatic carbocycles. The lowest BCUT2D eigenvalue weighted by Gasteiger charge is -2.04. The summed E-state index contributed by atoms with van der Waals surface area (Å²) in [6, 6.07) is 7.36. The van der Waals surface area contributed by atoms with Crippen LogP contribution in [0.4, 0.5) is 5.69 Å². The summed E-state index contributed by atoms with van der Waals surface area (Å²) >= 11 is 10.2. The van der Waals surface area contributed by atoms with Crippen molar-refractivity contribution in [3.05, 3.63) is 43.9 Å². The summed E-state index contributed by atoms with van der Waals surface area (Å²) in [6.45, 7) is 0. The smallest absolute Gasteiger partial charge is 0.260 e. The van der Waals surface area contributed by atoms with E-state index in [-0.39, 0.29) is 0 Å². The summed E-state index contributed by atoms with van der Waals surface area (Å²) in [7, 11) is 0. The van der Waals surface area contributed by atoms with Crippen molar-refractivity contribution in [3.8, 4) is 23.0 Å². The van der Waals surface area contributed by atoms with Gasteiger partial charge in [0, 0.05) is 19.6 Å². The molecule has 21 heavy (non-hydrogen) atoms. The fraction of sp³-hybridized carbons (Fsp3) is 0. The van der Waals surface area contributed by atoms with Crippen LogP contribution in [0.2, 0.25) is 0 Å². The maximum atomic E-state index is 6.04. The average molecular weight is 475 g/mol. The van der Waals surface area contributed by atoms with Gasteiger partial charge in [-0.05, 0) is 56.1 Å². The molecule has 0 atom stereocenters. The molecule has 5 nitrogen and oxygen atoms in total. The van der Waals surface area contributed by atoms with Crippen molar-refractivity contribution in [3.63, 3.8) is 0 Å². The SMILES string of the molecule is Nc1c(Br)cc(Br)cc1-c1nc(-c2ncccc2Br)no1. The highest BCUT2D eigenvalue weighted by molar-refractivity contribution is 9.11. The molecule has 0 aliphatic carbocycles. The first-order valence-electron chi connectivity index (χ1n) is 5.75. The molecule has 0 radical (unpaired) electrons. The van der Waals surface area contributed by atoms with E-state index in [9.17, 15) is 0 Å². The summed E-state index contributed by atoms with van der Waals surface area (Å²) in [5, 5.41) is 3.96. The van der Waals surface area contributed by atoms with Gasteiger partial charge < -0.3 is 10.3 Å². The van der Waals surface area contributed by atoms with Gasteiger partial charge in [-0.15, -0.1) is 0 Å². The molecule has 106 valence electrons. The van der Waals surface area contributed by atoms with Crippen molar-refractivity contribution < 1.29 is 4.52 Å². The van der Waals surface area contributed by atoms with E-state index in [4.69, 9.17) is 10.3 Å². The van der Waals surface area contributed by atoms with Crippen LogP contribution in [0.25, 0.3) is 23.0 Å². The number of nitrogen functional groups attached to an aromatic ring is 1. The highest BCUT2D eigenvalue weighted by Crippen LogP contribution is 2.35. The van der Waals surface area contributed by atoms with Crippen LogP contribution in [0.3, 0.4) is 0 Å². The first kappa shape index (κ1) is 14.7. The fourth-order valence-corrected chi connectivity index (χ4v) is 3.40. The summed E-state index contributed by atoms with van der Waals surface area (Å²) in [6.07, 6.45) is 1.67. The van der Waals surface area contributed by atoms with Crippen LogP contribution in [-0.4, -0.2) is 15.1 Å². The molecule has 8 heteroatoms. The molecule has 3 aromatic rings. The normalized spacial score (nSPS) is 10.8. The zero-order chi connectivity index (χ0) is 15.0. The molecule has 2 aromatic heterocycles. The minimum Gasteiger partial charge on any atom is -0.397 e. The zero-order valence-electron chi connectivity index (χ0n) is 10.3. The molecule has 0 saturated heterocycles. The molecule has 0 aliphatic heterocycles. The molecule has 0 amide bonds.